The maximum atomic E-state index is 9.83. The molecule has 1 aromatic heterocycles. The summed E-state index contributed by atoms with van der Waals surface area (Å²) < 4.78 is 0. The third-order valence-corrected chi connectivity index (χ3v) is 5.34. The molecule has 1 aromatic carbocycles. The SMILES string of the molecule is CC1(C)C2CNCC2CN1c1nccc2ccc(O)cc12. The minimum atomic E-state index is 0.0842. The van der Waals surface area contributed by atoms with E-state index in [1.54, 1.807) is 6.07 Å². The Morgan fingerprint density at radius 2 is 2.14 bits per heavy atom. The summed E-state index contributed by atoms with van der Waals surface area (Å²) in [5.41, 5.74) is 0.0842. The number of hydrogen-bond acceptors (Lipinski definition) is 4. The van der Waals surface area contributed by atoms with Crippen molar-refractivity contribution < 1.29 is 5.11 Å². The summed E-state index contributed by atoms with van der Waals surface area (Å²) in [7, 11) is 0. The summed E-state index contributed by atoms with van der Waals surface area (Å²) in [6.45, 7) is 7.85. The first-order valence-corrected chi connectivity index (χ1v) is 7.63. The Balaban J connectivity index is 1.85. The van der Waals surface area contributed by atoms with Crippen molar-refractivity contribution in [2.24, 2.45) is 11.8 Å². The molecule has 2 aliphatic rings. The van der Waals surface area contributed by atoms with Gasteiger partial charge in [-0.25, -0.2) is 4.98 Å². The molecule has 4 nitrogen and oxygen atoms in total. The molecule has 110 valence electrons. The number of aromatic nitrogens is 1. The fourth-order valence-electron chi connectivity index (χ4n) is 4.14. The van der Waals surface area contributed by atoms with Crippen molar-refractivity contribution >= 4 is 16.6 Å². The number of hydrogen-bond donors (Lipinski definition) is 2. The topological polar surface area (TPSA) is 48.4 Å². The summed E-state index contributed by atoms with van der Waals surface area (Å²) in [4.78, 5) is 7.08. The van der Waals surface area contributed by atoms with E-state index in [4.69, 9.17) is 0 Å². The normalized spacial score (nSPS) is 27.2. The number of rotatable bonds is 1. The molecule has 0 spiro atoms. The highest BCUT2D eigenvalue weighted by Gasteiger charge is 2.50. The molecule has 3 heterocycles. The van der Waals surface area contributed by atoms with Gasteiger partial charge in [0.2, 0.25) is 0 Å². The molecule has 2 saturated heterocycles. The fourth-order valence-corrected chi connectivity index (χ4v) is 4.14. The molecule has 2 N–H and O–H groups in total. The molecule has 2 aromatic rings. The number of anilines is 1. The predicted octanol–water partition coefficient (Wildman–Crippen LogP) is 2.37. The van der Waals surface area contributed by atoms with E-state index in [2.05, 4.69) is 29.0 Å². The monoisotopic (exact) mass is 283 g/mol. The molecule has 2 unspecified atom stereocenters. The molecule has 2 atom stereocenters. The lowest BCUT2D eigenvalue weighted by Gasteiger charge is -2.37. The van der Waals surface area contributed by atoms with Crippen LogP contribution in [-0.4, -0.2) is 35.3 Å². The van der Waals surface area contributed by atoms with Crippen LogP contribution in [0, 0.1) is 11.8 Å². The standard InChI is InChI=1S/C17H21N3O/c1-17(2)15-9-18-8-12(15)10-20(17)16-14-7-13(21)4-3-11(14)5-6-19-16/h3-7,12,15,18,21H,8-10H2,1-2H3. The third kappa shape index (κ3) is 1.82. The van der Waals surface area contributed by atoms with E-state index in [0.29, 0.717) is 17.6 Å². The number of fused-ring (bicyclic) bond motifs is 2. The van der Waals surface area contributed by atoms with Crippen LogP contribution in [0.5, 0.6) is 5.75 Å². The van der Waals surface area contributed by atoms with Crippen LogP contribution >= 0.6 is 0 Å². The Morgan fingerprint density at radius 3 is 2.95 bits per heavy atom. The van der Waals surface area contributed by atoms with Crippen LogP contribution in [0.15, 0.2) is 30.5 Å². The van der Waals surface area contributed by atoms with E-state index >= 15 is 0 Å². The molecule has 4 heteroatoms. The van der Waals surface area contributed by atoms with Gasteiger partial charge in [0.05, 0.1) is 0 Å². The van der Waals surface area contributed by atoms with Gasteiger partial charge in [0.25, 0.3) is 0 Å². The van der Waals surface area contributed by atoms with Gasteiger partial charge in [0, 0.05) is 36.8 Å². The summed E-state index contributed by atoms with van der Waals surface area (Å²) in [6.07, 6.45) is 1.87. The number of phenolic OH excluding ortho intramolecular Hbond substituents is 1. The molecule has 21 heavy (non-hydrogen) atoms. The number of pyridine rings is 1. The highest BCUT2D eigenvalue weighted by molar-refractivity contribution is 5.93. The van der Waals surface area contributed by atoms with Crippen LogP contribution in [0.1, 0.15) is 13.8 Å². The first kappa shape index (κ1) is 12.9. The zero-order valence-electron chi connectivity index (χ0n) is 12.5. The molecule has 4 rings (SSSR count). The second-order valence-corrected chi connectivity index (χ2v) is 6.83. The number of phenols is 1. The van der Waals surface area contributed by atoms with Crippen LogP contribution < -0.4 is 10.2 Å². The summed E-state index contributed by atoms with van der Waals surface area (Å²) >= 11 is 0. The Morgan fingerprint density at radius 1 is 1.29 bits per heavy atom. The maximum absolute atomic E-state index is 9.83. The van der Waals surface area contributed by atoms with Crippen molar-refractivity contribution in [3.05, 3.63) is 30.5 Å². The highest BCUT2D eigenvalue weighted by Crippen LogP contribution is 2.44. The molecule has 0 amide bonds. The molecule has 0 aliphatic carbocycles. The minimum absolute atomic E-state index is 0.0842. The van der Waals surface area contributed by atoms with E-state index in [1.807, 2.05) is 24.4 Å². The Labute approximate surface area is 124 Å². The van der Waals surface area contributed by atoms with Crippen LogP contribution in [0.2, 0.25) is 0 Å². The van der Waals surface area contributed by atoms with Crippen LogP contribution in [-0.2, 0) is 0 Å². The van der Waals surface area contributed by atoms with E-state index in [9.17, 15) is 5.11 Å². The van der Waals surface area contributed by atoms with Gasteiger partial charge in [-0.3, -0.25) is 0 Å². The van der Waals surface area contributed by atoms with Crippen molar-refractivity contribution in [1.82, 2.24) is 10.3 Å². The minimum Gasteiger partial charge on any atom is -0.508 e. The van der Waals surface area contributed by atoms with E-state index in [0.717, 1.165) is 36.2 Å². The first-order valence-electron chi connectivity index (χ1n) is 7.63. The molecular formula is C17H21N3O. The third-order valence-electron chi connectivity index (χ3n) is 5.34. The van der Waals surface area contributed by atoms with Crippen LogP contribution in [0.4, 0.5) is 5.82 Å². The van der Waals surface area contributed by atoms with Gasteiger partial charge >= 0.3 is 0 Å². The number of nitrogens with zero attached hydrogens (tertiary/aromatic N) is 2. The van der Waals surface area contributed by atoms with Gasteiger partial charge in [-0.05, 0) is 49.3 Å². The summed E-state index contributed by atoms with van der Waals surface area (Å²) in [5.74, 6) is 2.65. The van der Waals surface area contributed by atoms with E-state index in [-0.39, 0.29) is 5.54 Å². The Hall–Kier alpha value is -1.81. The molecule has 0 saturated carbocycles. The van der Waals surface area contributed by atoms with Crippen molar-refractivity contribution in [3.8, 4) is 5.75 Å². The average Bonchev–Trinajstić information content (AvgIpc) is 3.01. The largest absolute Gasteiger partial charge is 0.508 e. The molecular weight excluding hydrogens is 262 g/mol. The van der Waals surface area contributed by atoms with E-state index in [1.165, 1.54) is 0 Å². The van der Waals surface area contributed by atoms with Gasteiger partial charge in [-0.1, -0.05) is 6.07 Å². The maximum Gasteiger partial charge on any atom is 0.137 e. The van der Waals surface area contributed by atoms with Crippen molar-refractivity contribution in [2.45, 2.75) is 19.4 Å². The molecule has 2 fully saturated rings. The van der Waals surface area contributed by atoms with Crippen molar-refractivity contribution in [2.75, 3.05) is 24.5 Å². The number of aromatic hydroxyl groups is 1. The second-order valence-electron chi connectivity index (χ2n) is 6.83. The van der Waals surface area contributed by atoms with Crippen molar-refractivity contribution in [1.29, 1.82) is 0 Å². The van der Waals surface area contributed by atoms with Gasteiger partial charge in [0.1, 0.15) is 11.6 Å². The van der Waals surface area contributed by atoms with Gasteiger partial charge in [-0.15, -0.1) is 0 Å². The van der Waals surface area contributed by atoms with Crippen molar-refractivity contribution in [3.63, 3.8) is 0 Å². The lowest BCUT2D eigenvalue weighted by Crippen LogP contribution is -2.45. The Kier molecular flexibility index (Phi) is 2.67. The van der Waals surface area contributed by atoms with Gasteiger partial charge in [-0.2, -0.15) is 0 Å². The van der Waals surface area contributed by atoms with Gasteiger partial charge < -0.3 is 15.3 Å². The lowest BCUT2D eigenvalue weighted by atomic mass is 9.85. The highest BCUT2D eigenvalue weighted by atomic mass is 16.3. The molecule has 0 radical (unpaired) electrons. The van der Waals surface area contributed by atoms with Crippen LogP contribution in [0.3, 0.4) is 0 Å². The quantitative estimate of drug-likeness (QED) is 0.843. The average molecular weight is 283 g/mol. The van der Waals surface area contributed by atoms with E-state index < -0.39 is 0 Å². The zero-order chi connectivity index (χ0) is 14.6. The Bertz CT molecular complexity index is 697. The summed E-state index contributed by atoms with van der Waals surface area (Å²) in [5, 5.41) is 15.5. The van der Waals surface area contributed by atoms with Crippen LogP contribution in [0.25, 0.3) is 10.8 Å². The lowest BCUT2D eigenvalue weighted by molar-refractivity contribution is 0.356. The smallest absolute Gasteiger partial charge is 0.137 e. The van der Waals surface area contributed by atoms with Gasteiger partial charge in [0.15, 0.2) is 0 Å². The number of benzene rings is 1. The first-order chi connectivity index (χ1) is 10.1. The fraction of sp³-hybridized carbons (Fsp3) is 0.471. The second kappa shape index (κ2) is 4.34. The zero-order valence-corrected chi connectivity index (χ0v) is 12.5. The predicted molar refractivity (Wildman–Crippen MR) is 84.7 cm³/mol. The molecule has 0 bridgehead atoms. The molecule has 2 aliphatic heterocycles. The summed E-state index contributed by atoms with van der Waals surface area (Å²) in [6, 6.07) is 7.53. The number of nitrogens with one attached hydrogen (secondary N) is 1.